The highest BCUT2D eigenvalue weighted by Crippen LogP contribution is 2.37. The lowest BCUT2D eigenvalue weighted by Crippen LogP contribution is -2.25. The van der Waals surface area contributed by atoms with Crippen LogP contribution in [0.1, 0.15) is 31.9 Å². The Morgan fingerprint density at radius 1 is 1.55 bits per heavy atom. The maximum Gasteiger partial charge on any atom is 0.334 e. The second-order valence-electron chi connectivity index (χ2n) is 5.36. The van der Waals surface area contributed by atoms with Gasteiger partial charge in [-0.15, -0.1) is 0 Å². The molecule has 110 valence electrons. The Morgan fingerprint density at radius 3 is 2.65 bits per heavy atom. The van der Waals surface area contributed by atoms with E-state index in [1.54, 1.807) is 11.9 Å². The lowest BCUT2D eigenvalue weighted by atomic mass is 10.1. The van der Waals surface area contributed by atoms with Crippen molar-refractivity contribution in [2.75, 3.05) is 18.0 Å². The van der Waals surface area contributed by atoms with Crippen molar-refractivity contribution in [1.29, 1.82) is 0 Å². The maximum atomic E-state index is 11.3. The van der Waals surface area contributed by atoms with Crippen LogP contribution in [-0.4, -0.2) is 38.9 Å². The standard InChI is InChI=1S/C12H18N4O4/c1-7(2)9-10(16(19)20)11(14(3)13-9)15-5-4-8(6-15)12(17)18/h7-8H,4-6H2,1-3H3,(H,17,18). The average Bonchev–Trinajstić information content (AvgIpc) is 2.92. The molecule has 2 rings (SSSR count). The highest BCUT2D eigenvalue weighted by Gasteiger charge is 2.36. The molecule has 1 fully saturated rings. The van der Waals surface area contributed by atoms with Gasteiger partial charge < -0.3 is 10.0 Å². The summed E-state index contributed by atoms with van der Waals surface area (Å²) >= 11 is 0. The fourth-order valence-corrected chi connectivity index (χ4v) is 2.60. The van der Waals surface area contributed by atoms with Crippen molar-refractivity contribution in [3.05, 3.63) is 15.8 Å². The van der Waals surface area contributed by atoms with Gasteiger partial charge in [0, 0.05) is 26.1 Å². The summed E-state index contributed by atoms with van der Waals surface area (Å²) in [6, 6.07) is 0. The summed E-state index contributed by atoms with van der Waals surface area (Å²) in [6.07, 6.45) is 0.495. The molecule has 8 nitrogen and oxygen atoms in total. The third-order valence-corrected chi connectivity index (χ3v) is 3.59. The number of nitrogens with zero attached hydrogens (tertiary/aromatic N) is 4. The molecular formula is C12H18N4O4. The number of carboxylic acid groups (broad SMARTS) is 1. The third kappa shape index (κ3) is 2.33. The molecule has 0 aliphatic carbocycles. The van der Waals surface area contributed by atoms with Gasteiger partial charge in [-0.1, -0.05) is 13.8 Å². The van der Waals surface area contributed by atoms with Crippen LogP contribution in [0.4, 0.5) is 11.5 Å². The smallest absolute Gasteiger partial charge is 0.334 e. The van der Waals surface area contributed by atoms with Crippen molar-refractivity contribution in [1.82, 2.24) is 9.78 Å². The molecule has 1 atom stereocenters. The Morgan fingerprint density at radius 2 is 2.20 bits per heavy atom. The van der Waals surface area contributed by atoms with E-state index in [9.17, 15) is 14.9 Å². The third-order valence-electron chi connectivity index (χ3n) is 3.59. The molecule has 0 aromatic carbocycles. The second kappa shape index (κ2) is 5.10. The van der Waals surface area contributed by atoms with E-state index >= 15 is 0 Å². The Balaban J connectivity index is 2.42. The van der Waals surface area contributed by atoms with Crippen LogP contribution in [0, 0.1) is 16.0 Å². The molecule has 0 bridgehead atoms. The van der Waals surface area contributed by atoms with Crippen molar-refractivity contribution in [2.45, 2.75) is 26.2 Å². The molecular weight excluding hydrogens is 264 g/mol. The van der Waals surface area contributed by atoms with Crippen LogP contribution in [-0.2, 0) is 11.8 Å². The van der Waals surface area contributed by atoms with E-state index < -0.39 is 16.8 Å². The van der Waals surface area contributed by atoms with Gasteiger partial charge in [0.1, 0.15) is 5.69 Å². The van der Waals surface area contributed by atoms with Crippen LogP contribution in [0.2, 0.25) is 0 Å². The van der Waals surface area contributed by atoms with E-state index in [4.69, 9.17) is 5.11 Å². The van der Waals surface area contributed by atoms with Crippen LogP contribution < -0.4 is 4.90 Å². The number of anilines is 1. The molecule has 20 heavy (non-hydrogen) atoms. The molecule has 1 aromatic heterocycles. The molecule has 8 heteroatoms. The van der Waals surface area contributed by atoms with Crippen molar-refractivity contribution < 1.29 is 14.8 Å². The van der Waals surface area contributed by atoms with E-state index in [-0.39, 0.29) is 18.2 Å². The quantitative estimate of drug-likeness (QED) is 0.661. The Labute approximate surface area is 116 Å². The van der Waals surface area contributed by atoms with Gasteiger partial charge in [0.2, 0.25) is 5.82 Å². The molecule has 1 aliphatic rings. The lowest BCUT2D eigenvalue weighted by molar-refractivity contribution is -0.385. The number of aromatic nitrogens is 2. The summed E-state index contributed by atoms with van der Waals surface area (Å²) in [5.74, 6) is -0.996. The largest absolute Gasteiger partial charge is 0.481 e. The molecule has 0 amide bonds. The van der Waals surface area contributed by atoms with Gasteiger partial charge in [0.15, 0.2) is 0 Å². The van der Waals surface area contributed by atoms with E-state index in [2.05, 4.69) is 5.10 Å². The van der Waals surface area contributed by atoms with Gasteiger partial charge in [-0.25, -0.2) is 4.68 Å². The Hall–Kier alpha value is -2.12. The molecule has 1 N–H and O–H groups in total. The number of aliphatic carboxylic acids is 1. The van der Waals surface area contributed by atoms with Crippen LogP contribution in [0.3, 0.4) is 0 Å². The number of rotatable bonds is 4. The van der Waals surface area contributed by atoms with Crippen molar-refractivity contribution in [2.24, 2.45) is 13.0 Å². The zero-order chi connectivity index (χ0) is 15.0. The summed E-state index contributed by atoms with van der Waals surface area (Å²) in [6.45, 7) is 4.48. The summed E-state index contributed by atoms with van der Waals surface area (Å²) in [7, 11) is 1.66. The second-order valence-corrected chi connectivity index (χ2v) is 5.36. The molecule has 1 saturated heterocycles. The number of hydrogen-bond donors (Lipinski definition) is 1. The molecule has 1 unspecified atom stereocenters. The molecule has 0 spiro atoms. The number of hydrogen-bond acceptors (Lipinski definition) is 5. The molecule has 1 aromatic rings. The molecule has 0 saturated carbocycles. The Kier molecular flexibility index (Phi) is 3.65. The van der Waals surface area contributed by atoms with Gasteiger partial charge in [-0.2, -0.15) is 5.10 Å². The molecule has 0 radical (unpaired) electrons. The summed E-state index contributed by atoms with van der Waals surface area (Å²) in [4.78, 5) is 23.7. The summed E-state index contributed by atoms with van der Waals surface area (Å²) in [5, 5.41) is 24.6. The predicted octanol–water partition coefficient (Wildman–Crippen LogP) is 1.36. The first-order valence-electron chi connectivity index (χ1n) is 6.52. The van der Waals surface area contributed by atoms with Gasteiger partial charge in [0.25, 0.3) is 0 Å². The fourth-order valence-electron chi connectivity index (χ4n) is 2.60. The lowest BCUT2D eigenvalue weighted by Gasteiger charge is -2.16. The van der Waals surface area contributed by atoms with Crippen LogP contribution in [0.15, 0.2) is 0 Å². The first-order chi connectivity index (χ1) is 9.32. The van der Waals surface area contributed by atoms with E-state index in [0.717, 1.165) is 0 Å². The fraction of sp³-hybridized carbons (Fsp3) is 0.667. The first-order valence-corrected chi connectivity index (χ1v) is 6.52. The van der Waals surface area contributed by atoms with Crippen LogP contribution >= 0.6 is 0 Å². The number of aryl methyl sites for hydroxylation is 1. The highest BCUT2D eigenvalue weighted by atomic mass is 16.6. The van der Waals surface area contributed by atoms with Gasteiger partial charge in [-0.3, -0.25) is 14.9 Å². The zero-order valence-electron chi connectivity index (χ0n) is 11.7. The SMILES string of the molecule is CC(C)c1nn(C)c(N2CCC(C(=O)O)C2)c1[N+](=O)[O-]. The van der Waals surface area contributed by atoms with E-state index in [1.165, 1.54) is 4.68 Å². The minimum Gasteiger partial charge on any atom is -0.481 e. The minimum atomic E-state index is -0.860. The monoisotopic (exact) mass is 282 g/mol. The minimum absolute atomic E-state index is 0.00598. The van der Waals surface area contributed by atoms with E-state index in [0.29, 0.717) is 24.5 Å². The highest BCUT2D eigenvalue weighted by molar-refractivity contribution is 5.73. The molecule has 1 aliphatic heterocycles. The van der Waals surface area contributed by atoms with Crippen molar-refractivity contribution in [3.8, 4) is 0 Å². The maximum absolute atomic E-state index is 11.3. The predicted molar refractivity (Wildman–Crippen MR) is 71.9 cm³/mol. The van der Waals surface area contributed by atoms with Crippen molar-refractivity contribution in [3.63, 3.8) is 0 Å². The summed E-state index contributed by atoms with van der Waals surface area (Å²) in [5.41, 5.74) is 0.430. The van der Waals surface area contributed by atoms with Crippen LogP contribution in [0.25, 0.3) is 0 Å². The normalized spacial score (nSPS) is 18.8. The first kappa shape index (κ1) is 14.3. The number of carbonyl (C=O) groups is 1. The van der Waals surface area contributed by atoms with Crippen LogP contribution in [0.5, 0.6) is 0 Å². The average molecular weight is 282 g/mol. The Bertz CT molecular complexity index is 552. The van der Waals surface area contributed by atoms with Crippen molar-refractivity contribution >= 4 is 17.5 Å². The van der Waals surface area contributed by atoms with Gasteiger partial charge >= 0.3 is 11.7 Å². The summed E-state index contributed by atoms with van der Waals surface area (Å²) < 4.78 is 1.48. The van der Waals surface area contributed by atoms with Gasteiger partial charge in [0.05, 0.1) is 10.8 Å². The zero-order valence-corrected chi connectivity index (χ0v) is 11.7. The topological polar surface area (TPSA) is 102 Å². The van der Waals surface area contributed by atoms with Gasteiger partial charge in [-0.05, 0) is 6.42 Å². The number of nitro groups is 1. The molecule has 2 heterocycles. The number of carboxylic acids is 1. The van der Waals surface area contributed by atoms with E-state index in [1.807, 2.05) is 13.8 Å².